The van der Waals surface area contributed by atoms with E-state index in [1.807, 2.05) is 49.1 Å². The van der Waals surface area contributed by atoms with Crippen LogP contribution in [-0.4, -0.2) is 87.4 Å². The molecule has 11 nitrogen and oxygen atoms in total. The Morgan fingerprint density at radius 1 is 1.05 bits per heavy atom. The number of hydrogen-bond acceptors (Lipinski definition) is 8. The normalized spacial score (nSPS) is 18.9. The van der Waals surface area contributed by atoms with Crippen LogP contribution in [0.5, 0.6) is 5.75 Å². The lowest BCUT2D eigenvalue weighted by atomic mass is 9.90. The number of carbonyl (C=O) groups excluding carboxylic acids is 2. The fourth-order valence-corrected chi connectivity index (χ4v) is 5.28. The Balaban J connectivity index is 1.13. The maximum Gasteiger partial charge on any atom is 0.270 e. The number of H-pyrrole nitrogens is 1. The Bertz CT molecular complexity index is 1590. The zero-order valence-electron chi connectivity index (χ0n) is 23.5. The van der Waals surface area contributed by atoms with Crippen LogP contribution in [0.4, 0.5) is 11.6 Å². The van der Waals surface area contributed by atoms with E-state index >= 15 is 0 Å². The molecular formula is C30H34N8O3. The third-order valence-corrected chi connectivity index (χ3v) is 7.70. The number of ether oxygens (including phenoxy) is 1. The molecule has 3 aromatic heterocycles. The molecule has 0 spiro atoms. The standard InChI is InChI=1S/C30H34N8O3/c1-30(2)17-21(33-28(30)40)18-41-22-6-8-31-25(16-22)24-7-9-32-29(36-24)34-20-4-5-23-19(14-20)15-26(35-23)27(39)38-12-10-37(3)11-13-38/h4-9,14-16,21,35H,10-13,17-18H2,1-3H3,(H,33,40)(H,32,34,36). The highest BCUT2D eigenvalue weighted by Gasteiger charge is 2.39. The van der Waals surface area contributed by atoms with Crippen molar-refractivity contribution in [2.45, 2.75) is 26.3 Å². The van der Waals surface area contributed by atoms with Gasteiger partial charge in [0.1, 0.15) is 18.1 Å². The van der Waals surface area contributed by atoms with Gasteiger partial charge in [0.15, 0.2) is 0 Å². The quantitative estimate of drug-likeness (QED) is 0.317. The molecule has 0 bridgehead atoms. The van der Waals surface area contributed by atoms with Gasteiger partial charge in [-0.25, -0.2) is 9.97 Å². The Kier molecular flexibility index (Phi) is 7.04. The summed E-state index contributed by atoms with van der Waals surface area (Å²) in [6.07, 6.45) is 4.09. The SMILES string of the molecule is CN1CCN(C(=O)c2cc3cc(Nc4nccc(-c5cc(OCC6CC(C)(C)C(=O)N6)ccn5)n4)ccc3[nH]2)CC1. The number of aromatic amines is 1. The predicted molar refractivity (Wildman–Crippen MR) is 156 cm³/mol. The van der Waals surface area contributed by atoms with E-state index in [0.29, 0.717) is 35.4 Å². The first-order chi connectivity index (χ1) is 19.7. The first kappa shape index (κ1) is 26.7. The largest absolute Gasteiger partial charge is 0.491 e. The fourth-order valence-electron chi connectivity index (χ4n) is 5.28. The summed E-state index contributed by atoms with van der Waals surface area (Å²) in [4.78, 5) is 46.0. The zero-order valence-corrected chi connectivity index (χ0v) is 23.5. The number of piperazine rings is 1. The average Bonchev–Trinajstić information content (AvgIpc) is 3.51. The van der Waals surface area contributed by atoms with Crippen LogP contribution in [0.3, 0.4) is 0 Å². The van der Waals surface area contributed by atoms with Crippen LogP contribution in [-0.2, 0) is 4.79 Å². The molecule has 2 amide bonds. The van der Waals surface area contributed by atoms with Crippen molar-refractivity contribution in [2.75, 3.05) is 45.2 Å². The van der Waals surface area contributed by atoms with Crippen molar-refractivity contribution in [1.82, 2.24) is 35.1 Å². The Hall–Kier alpha value is -4.51. The van der Waals surface area contributed by atoms with Crippen molar-refractivity contribution in [3.05, 3.63) is 60.6 Å². The highest BCUT2D eigenvalue weighted by Crippen LogP contribution is 2.29. The van der Waals surface area contributed by atoms with Gasteiger partial charge in [0, 0.05) is 66.6 Å². The van der Waals surface area contributed by atoms with E-state index < -0.39 is 0 Å². The van der Waals surface area contributed by atoms with Gasteiger partial charge in [-0.3, -0.25) is 14.6 Å². The summed E-state index contributed by atoms with van der Waals surface area (Å²) >= 11 is 0. The van der Waals surface area contributed by atoms with E-state index in [-0.39, 0.29) is 23.3 Å². The van der Waals surface area contributed by atoms with E-state index in [2.05, 4.69) is 42.5 Å². The van der Waals surface area contributed by atoms with Crippen molar-refractivity contribution in [3.63, 3.8) is 0 Å². The second-order valence-corrected chi connectivity index (χ2v) is 11.4. The number of hydrogen-bond donors (Lipinski definition) is 3. The van der Waals surface area contributed by atoms with E-state index in [1.54, 1.807) is 24.5 Å². The van der Waals surface area contributed by atoms with Gasteiger partial charge < -0.3 is 30.2 Å². The number of amides is 2. The average molecular weight is 555 g/mol. The third-order valence-electron chi connectivity index (χ3n) is 7.70. The van der Waals surface area contributed by atoms with Gasteiger partial charge in [-0.05, 0) is 49.9 Å². The number of nitrogens with zero attached hydrogens (tertiary/aromatic N) is 5. The molecule has 2 fully saturated rings. The monoisotopic (exact) mass is 554 g/mol. The lowest BCUT2D eigenvalue weighted by Crippen LogP contribution is -2.47. The molecule has 4 aromatic rings. The van der Waals surface area contributed by atoms with Crippen molar-refractivity contribution in [2.24, 2.45) is 5.41 Å². The number of rotatable bonds is 7. The lowest BCUT2D eigenvalue weighted by Gasteiger charge is -2.32. The second kappa shape index (κ2) is 10.8. The van der Waals surface area contributed by atoms with Crippen LogP contribution < -0.4 is 15.4 Å². The number of carbonyl (C=O) groups is 2. The zero-order chi connectivity index (χ0) is 28.6. The van der Waals surface area contributed by atoms with Gasteiger partial charge in [-0.2, -0.15) is 0 Å². The van der Waals surface area contributed by atoms with Crippen LogP contribution in [0.25, 0.3) is 22.3 Å². The van der Waals surface area contributed by atoms with E-state index in [1.165, 1.54) is 0 Å². The minimum absolute atomic E-state index is 0.0235. The van der Waals surface area contributed by atoms with Crippen LogP contribution >= 0.6 is 0 Å². The van der Waals surface area contributed by atoms with Gasteiger partial charge in [-0.1, -0.05) is 13.8 Å². The number of aromatic nitrogens is 4. The summed E-state index contributed by atoms with van der Waals surface area (Å²) in [5.41, 5.74) is 3.20. The number of benzene rings is 1. The lowest BCUT2D eigenvalue weighted by molar-refractivity contribution is -0.126. The summed E-state index contributed by atoms with van der Waals surface area (Å²) in [6, 6.07) is 13.1. The molecule has 2 aliphatic rings. The highest BCUT2D eigenvalue weighted by molar-refractivity contribution is 5.98. The summed E-state index contributed by atoms with van der Waals surface area (Å²) in [7, 11) is 2.07. The Morgan fingerprint density at radius 3 is 2.63 bits per heavy atom. The van der Waals surface area contributed by atoms with E-state index in [4.69, 9.17) is 4.74 Å². The van der Waals surface area contributed by atoms with Crippen LogP contribution in [0.1, 0.15) is 30.8 Å². The highest BCUT2D eigenvalue weighted by atomic mass is 16.5. The van der Waals surface area contributed by atoms with Crippen LogP contribution in [0, 0.1) is 5.41 Å². The number of fused-ring (bicyclic) bond motifs is 1. The molecule has 2 saturated heterocycles. The predicted octanol–water partition coefficient (Wildman–Crippen LogP) is 3.44. The van der Waals surface area contributed by atoms with Crippen LogP contribution in [0.2, 0.25) is 0 Å². The van der Waals surface area contributed by atoms with Gasteiger partial charge >= 0.3 is 0 Å². The molecular weight excluding hydrogens is 520 g/mol. The van der Waals surface area contributed by atoms with Gasteiger partial charge in [0.2, 0.25) is 11.9 Å². The molecule has 2 aliphatic heterocycles. The first-order valence-electron chi connectivity index (χ1n) is 13.8. The maximum atomic E-state index is 13.0. The molecule has 1 atom stereocenters. The maximum absolute atomic E-state index is 13.0. The minimum Gasteiger partial charge on any atom is -0.491 e. The molecule has 0 saturated carbocycles. The molecule has 0 radical (unpaired) electrons. The number of anilines is 2. The van der Waals surface area contributed by atoms with Crippen molar-refractivity contribution in [3.8, 4) is 17.1 Å². The number of pyridine rings is 1. The molecule has 5 heterocycles. The molecule has 11 heteroatoms. The molecule has 0 aliphatic carbocycles. The molecule has 1 unspecified atom stereocenters. The topological polar surface area (TPSA) is 128 Å². The first-order valence-corrected chi connectivity index (χ1v) is 13.8. The molecule has 1 aromatic carbocycles. The third kappa shape index (κ3) is 5.85. The van der Waals surface area contributed by atoms with Crippen molar-refractivity contribution >= 4 is 34.4 Å². The van der Waals surface area contributed by atoms with E-state index in [9.17, 15) is 9.59 Å². The minimum atomic E-state index is -0.377. The number of likely N-dealkylation sites (N-methyl/N-ethyl adjacent to an activating group) is 1. The molecule has 6 rings (SSSR count). The fraction of sp³-hybridized carbons (Fsp3) is 0.367. The van der Waals surface area contributed by atoms with Crippen LogP contribution in [0.15, 0.2) is 54.9 Å². The summed E-state index contributed by atoms with van der Waals surface area (Å²) in [5, 5.41) is 7.19. The molecule has 212 valence electrons. The van der Waals surface area contributed by atoms with Gasteiger partial charge in [0.05, 0.1) is 17.4 Å². The van der Waals surface area contributed by atoms with Gasteiger partial charge in [0.25, 0.3) is 5.91 Å². The summed E-state index contributed by atoms with van der Waals surface area (Å²) in [6.45, 7) is 7.49. The van der Waals surface area contributed by atoms with Gasteiger partial charge in [-0.15, -0.1) is 0 Å². The van der Waals surface area contributed by atoms with Crippen molar-refractivity contribution in [1.29, 1.82) is 0 Å². The summed E-state index contributed by atoms with van der Waals surface area (Å²) in [5.74, 6) is 1.16. The Labute approximate surface area is 238 Å². The van der Waals surface area contributed by atoms with E-state index in [0.717, 1.165) is 49.2 Å². The number of nitrogens with one attached hydrogen (secondary N) is 3. The molecule has 3 N–H and O–H groups in total. The smallest absolute Gasteiger partial charge is 0.270 e. The van der Waals surface area contributed by atoms with Crippen molar-refractivity contribution < 1.29 is 14.3 Å². The Morgan fingerprint density at radius 2 is 1.85 bits per heavy atom. The summed E-state index contributed by atoms with van der Waals surface area (Å²) < 4.78 is 5.98. The second-order valence-electron chi connectivity index (χ2n) is 11.4. The molecule has 41 heavy (non-hydrogen) atoms.